The molecule has 0 aliphatic heterocycles. The molecule has 0 aliphatic carbocycles. The van der Waals surface area contributed by atoms with Gasteiger partial charge in [0.2, 0.25) is 5.91 Å². The summed E-state index contributed by atoms with van der Waals surface area (Å²) >= 11 is 8.01. The summed E-state index contributed by atoms with van der Waals surface area (Å²) in [5.41, 5.74) is 5.43. The zero-order valence-corrected chi connectivity index (χ0v) is 15.3. The maximum absolute atomic E-state index is 12.1. The predicted molar refractivity (Wildman–Crippen MR) is 101 cm³/mol. The molecule has 11 heteroatoms. The number of hydrogen-bond donors (Lipinski definition) is 4. The number of anilines is 1. The van der Waals surface area contributed by atoms with Crippen molar-refractivity contribution in [3.8, 4) is 5.75 Å². The zero-order valence-electron chi connectivity index (χ0n) is 12.9. The molecule has 134 valence electrons. The Hall–Kier alpha value is -2.56. The minimum atomic E-state index is -0.768. The number of carbonyl (C=O) groups excluding carboxylic acids is 2. The molecule has 0 unspecified atom stereocenters. The lowest BCUT2D eigenvalue weighted by Gasteiger charge is -2.06. The number of amides is 2. The number of primary amides is 1. The van der Waals surface area contributed by atoms with Crippen molar-refractivity contribution in [3.05, 3.63) is 45.5 Å². The topological polar surface area (TPSA) is 138 Å². The predicted octanol–water partition coefficient (Wildman–Crippen LogP) is 2.17. The number of pyridine rings is 2. The van der Waals surface area contributed by atoms with Gasteiger partial charge in [-0.1, -0.05) is 11.6 Å². The Morgan fingerprint density at radius 3 is 2.92 bits per heavy atom. The Bertz CT molecular complexity index is 1080. The van der Waals surface area contributed by atoms with Crippen molar-refractivity contribution in [2.24, 2.45) is 5.73 Å². The number of thioether (sulfide) groups is 1. The second-order valence-electron chi connectivity index (χ2n) is 5.03. The van der Waals surface area contributed by atoms with Crippen LogP contribution in [-0.2, 0) is 4.79 Å². The van der Waals surface area contributed by atoms with E-state index in [4.69, 9.17) is 17.3 Å². The smallest absolute Gasteiger partial charge is 0.252 e. The molecule has 0 spiro atoms. The first-order chi connectivity index (χ1) is 12.4. The number of nitrogens with two attached hydrogens (primary N) is 1. The van der Waals surface area contributed by atoms with Gasteiger partial charge < -0.3 is 21.1 Å². The largest absolute Gasteiger partial charge is 0.506 e. The lowest BCUT2D eigenvalue weighted by atomic mass is 10.2. The highest BCUT2D eigenvalue weighted by atomic mass is 35.5. The second-order valence-corrected chi connectivity index (χ2v) is 7.65. The van der Waals surface area contributed by atoms with Gasteiger partial charge in [0, 0.05) is 12.3 Å². The SMILES string of the molecule is NC(=O)c1c(SCC(=O)Nc2cccnc2Cl)sc2c(O)cc(=O)[nH]c12. The first-order valence-electron chi connectivity index (χ1n) is 7.08. The van der Waals surface area contributed by atoms with Crippen molar-refractivity contribution in [2.45, 2.75) is 4.21 Å². The Morgan fingerprint density at radius 1 is 1.46 bits per heavy atom. The highest BCUT2D eigenvalue weighted by molar-refractivity contribution is 8.02. The Morgan fingerprint density at radius 2 is 2.23 bits per heavy atom. The van der Waals surface area contributed by atoms with Crippen molar-refractivity contribution in [2.75, 3.05) is 11.1 Å². The molecule has 5 N–H and O–H groups in total. The van der Waals surface area contributed by atoms with Gasteiger partial charge in [0.15, 0.2) is 5.15 Å². The minimum Gasteiger partial charge on any atom is -0.506 e. The number of aromatic hydroxyl groups is 1. The van der Waals surface area contributed by atoms with Crippen molar-refractivity contribution in [1.29, 1.82) is 0 Å². The van der Waals surface area contributed by atoms with Crippen molar-refractivity contribution >= 4 is 62.4 Å². The summed E-state index contributed by atoms with van der Waals surface area (Å²) in [6.07, 6.45) is 1.50. The van der Waals surface area contributed by atoms with E-state index in [0.717, 1.165) is 29.2 Å². The maximum Gasteiger partial charge on any atom is 0.252 e. The summed E-state index contributed by atoms with van der Waals surface area (Å²) < 4.78 is 0.730. The third-order valence-electron chi connectivity index (χ3n) is 3.24. The quantitative estimate of drug-likeness (QED) is 0.375. The van der Waals surface area contributed by atoms with Crippen molar-refractivity contribution < 1.29 is 14.7 Å². The van der Waals surface area contributed by atoms with E-state index in [0.29, 0.717) is 14.6 Å². The monoisotopic (exact) mass is 410 g/mol. The van der Waals surface area contributed by atoms with E-state index >= 15 is 0 Å². The molecule has 0 saturated carbocycles. The van der Waals surface area contributed by atoms with Crippen molar-refractivity contribution in [1.82, 2.24) is 9.97 Å². The number of nitrogens with one attached hydrogen (secondary N) is 2. The van der Waals surface area contributed by atoms with Crippen LogP contribution in [0.3, 0.4) is 0 Å². The van der Waals surface area contributed by atoms with Crippen LogP contribution in [0.15, 0.2) is 33.4 Å². The molecular weight excluding hydrogens is 400 g/mol. The van der Waals surface area contributed by atoms with Gasteiger partial charge in [-0.15, -0.1) is 23.1 Å². The molecule has 8 nitrogen and oxygen atoms in total. The summed E-state index contributed by atoms with van der Waals surface area (Å²) in [6.45, 7) is 0. The molecule has 3 aromatic heterocycles. The number of aromatic amines is 1. The average molecular weight is 411 g/mol. The summed E-state index contributed by atoms with van der Waals surface area (Å²) in [5, 5.41) is 12.7. The molecule has 26 heavy (non-hydrogen) atoms. The summed E-state index contributed by atoms with van der Waals surface area (Å²) in [6, 6.07) is 4.25. The third-order valence-corrected chi connectivity index (χ3v) is 6.02. The van der Waals surface area contributed by atoms with Crippen LogP contribution in [0.25, 0.3) is 10.2 Å². The molecule has 3 heterocycles. The van der Waals surface area contributed by atoms with Crippen LogP contribution in [-0.4, -0.2) is 32.6 Å². The van der Waals surface area contributed by atoms with Crippen LogP contribution in [0, 0.1) is 0 Å². The number of hydrogen-bond acceptors (Lipinski definition) is 7. The summed E-state index contributed by atoms with van der Waals surface area (Å²) in [7, 11) is 0. The number of aromatic nitrogens is 2. The van der Waals surface area contributed by atoms with Gasteiger partial charge in [-0.2, -0.15) is 0 Å². The number of nitrogens with zero attached hydrogens (tertiary/aromatic N) is 1. The molecular formula is C15H11ClN4O4S2. The normalized spacial score (nSPS) is 10.8. The molecule has 0 aromatic carbocycles. The summed E-state index contributed by atoms with van der Waals surface area (Å²) in [4.78, 5) is 41.8. The Kier molecular flexibility index (Phi) is 5.16. The molecule has 3 rings (SSSR count). The number of fused-ring (bicyclic) bond motifs is 1. The fourth-order valence-electron chi connectivity index (χ4n) is 2.18. The Labute approximate surface area is 159 Å². The first kappa shape index (κ1) is 18.2. The fourth-order valence-corrected chi connectivity index (χ4v) is 4.60. The van der Waals surface area contributed by atoms with Crippen LogP contribution >= 0.6 is 34.7 Å². The number of H-pyrrole nitrogens is 1. The molecule has 0 saturated heterocycles. The van der Waals surface area contributed by atoms with E-state index in [1.165, 1.54) is 6.20 Å². The van der Waals surface area contributed by atoms with Crippen LogP contribution in [0.1, 0.15) is 10.4 Å². The minimum absolute atomic E-state index is 0.0384. The van der Waals surface area contributed by atoms with Crippen LogP contribution in [0.2, 0.25) is 5.15 Å². The highest BCUT2D eigenvalue weighted by Crippen LogP contribution is 2.40. The molecule has 0 aliphatic rings. The number of carbonyl (C=O) groups is 2. The van der Waals surface area contributed by atoms with Gasteiger partial charge in [-0.05, 0) is 12.1 Å². The van der Waals surface area contributed by atoms with Crippen molar-refractivity contribution in [3.63, 3.8) is 0 Å². The summed E-state index contributed by atoms with van der Waals surface area (Å²) in [5.74, 6) is -1.43. The first-order valence-corrected chi connectivity index (χ1v) is 9.26. The van der Waals surface area contributed by atoms with Gasteiger partial charge in [-0.25, -0.2) is 4.98 Å². The van der Waals surface area contributed by atoms with E-state index in [1.54, 1.807) is 12.1 Å². The fraction of sp³-hybridized carbons (Fsp3) is 0.0667. The third kappa shape index (κ3) is 3.66. The molecule has 0 fully saturated rings. The van der Waals surface area contributed by atoms with Gasteiger partial charge in [0.05, 0.1) is 31.4 Å². The second kappa shape index (κ2) is 7.36. The standard InChI is InChI=1S/C15H11ClN4O4S2/c16-13-6(2-1-3-18-13)19-9(23)5-25-15-10(14(17)24)11-12(26-15)7(21)4-8(22)20-11/h1-4H,5H2,(H2,17,24)(H,19,23)(H2,20,21,22). The van der Waals surface area contributed by atoms with E-state index in [1.807, 2.05) is 0 Å². The van der Waals surface area contributed by atoms with Crippen LogP contribution < -0.4 is 16.6 Å². The maximum atomic E-state index is 12.1. The van der Waals surface area contributed by atoms with E-state index in [2.05, 4.69) is 15.3 Å². The molecule has 3 aromatic rings. The number of halogens is 1. The van der Waals surface area contributed by atoms with E-state index in [9.17, 15) is 19.5 Å². The van der Waals surface area contributed by atoms with E-state index < -0.39 is 11.5 Å². The average Bonchev–Trinajstić information content (AvgIpc) is 2.94. The van der Waals surface area contributed by atoms with Crippen LogP contribution in [0.5, 0.6) is 5.75 Å². The van der Waals surface area contributed by atoms with E-state index in [-0.39, 0.29) is 33.6 Å². The molecule has 0 bridgehead atoms. The molecule has 0 atom stereocenters. The van der Waals surface area contributed by atoms with Gasteiger partial charge in [0.25, 0.3) is 11.5 Å². The lowest BCUT2D eigenvalue weighted by Crippen LogP contribution is -2.16. The van der Waals surface area contributed by atoms with Crippen LogP contribution in [0.4, 0.5) is 5.69 Å². The van der Waals surface area contributed by atoms with Gasteiger partial charge in [0.1, 0.15) is 5.75 Å². The lowest BCUT2D eigenvalue weighted by molar-refractivity contribution is -0.113. The molecule has 0 radical (unpaired) electrons. The van der Waals surface area contributed by atoms with Gasteiger partial charge >= 0.3 is 0 Å². The van der Waals surface area contributed by atoms with Gasteiger partial charge in [-0.3, -0.25) is 14.4 Å². The number of rotatable bonds is 5. The molecule has 2 amide bonds. The highest BCUT2D eigenvalue weighted by Gasteiger charge is 2.21. The number of thiophene rings is 1. The zero-order chi connectivity index (χ0) is 18.8. The Balaban J connectivity index is 1.85.